The Balaban J connectivity index is 1.55. The van der Waals surface area contributed by atoms with Crippen molar-refractivity contribution in [2.75, 3.05) is 32.0 Å². The van der Waals surface area contributed by atoms with E-state index in [0.29, 0.717) is 5.92 Å². The molecule has 2 aromatic heterocycles. The van der Waals surface area contributed by atoms with E-state index >= 15 is 0 Å². The minimum absolute atomic E-state index is 0.567. The van der Waals surface area contributed by atoms with Crippen LogP contribution in [0.5, 0.6) is 0 Å². The molecule has 5 nitrogen and oxygen atoms in total. The number of pyridine rings is 1. The second kappa shape index (κ2) is 10.4. The summed E-state index contributed by atoms with van der Waals surface area (Å²) in [7, 11) is 2.01. The standard InChI is InChI=1S/C26H33N5/c1-19-16-20(18-29-13-7-6-12-27-2)17-23-24(19)26(30-22-8-4-3-5-9-22)25(31-23)21-10-14-28-15-11-21/h3-5,8-11,14-15,20,27,29-31H,1,6-7,12-13,16-18H2,2H3. The van der Waals surface area contributed by atoms with Gasteiger partial charge in [-0.3, -0.25) is 4.98 Å². The third-order valence-corrected chi connectivity index (χ3v) is 5.93. The van der Waals surface area contributed by atoms with Crippen LogP contribution in [-0.2, 0) is 6.42 Å². The van der Waals surface area contributed by atoms with Gasteiger partial charge in [-0.05, 0) is 88.1 Å². The molecule has 1 aromatic carbocycles. The van der Waals surface area contributed by atoms with Gasteiger partial charge in [0, 0.05) is 34.9 Å². The number of hydrogen-bond donors (Lipinski definition) is 4. The van der Waals surface area contributed by atoms with Gasteiger partial charge >= 0.3 is 0 Å². The van der Waals surface area contributed by atoms with E-state index in [4.69, 9.17) is 0 Å². The van der Waals surface area contributed by atoms with Gasteiger partial charge in [0.05, 0.1) is 11.4 Å². The summed E-state index contributed by atoms with van der Waals surface area (Å²) in [6.45, 7) is 7.67. The van der Waals surface area contributed by atoms with E-state index in [1.807, 2.05) is 25.5 Å². The maximum Gasteiger partial charge on any atom is 0.0723 e. The fraction of sp³-hybridized carbons (Fsp3) is 0.346. The number of nitrogens with one attached hydrogen (secondary N) is 4. The van der Waals surface area contributed by atoms with Crippen molar-refractivity contribution in [3.63, 3.8) is 0 Å². The molecule has 1 aliphatic carbocycles. The van der Waals surface area contributed by atoms with Crippen molar-refractivity contribution in [3.05, 3.63) is 72.7 Å². The Morgan fingerprint density at radius 1 is 1.03 bits per heavy atom. The number of para-hydroxylation sites is 1. The summed E-state index contributed by atoms with van der Waals surface area (Å²) in [5.41, 5.74) is 8.18. The molecule has 0 radical (unpaired) electrons. The molecule has 4 N–H and O–H groups in total. The number of benzene rings is 1. The van der Waals surface area contributed by atoms with Crippen LogP contribution < -0.4 is 16.0 Å². The summed E-state index contributed by atoms with van der Waals surface area (Å²) >= 11 is 0. The van der Waals surface area contributed by atoms with Gasteiger partial charge in [0.25, 0.3) is 0 Å². The van der Waals surface area contributed by atoms with Gasteiger partial charge in [-0.1, -0.05) is 24.8 Å². The monoisotopic (exact) mass is 415 g/mol. The van der Waals surface area contributed by atoms with Gasteiger partial charge in [0.15, 0.2) is 0 Å². The van der Waals surface area contributed by atoms with E-state index in [2.05, 4.69) is 68.9 Å². The van der Waals surface area contributed by atoms with Crippen molar-refractivity contribution in [2.45, 2.75) is 25.7 Å². The first-order valence-corrected chi connectivity index (χ1v) is 11.3. The highest BCUT2D eigenvalue weighted by Gasteiger charge is 2.28. The lowest BCUT2D eigenvalue weighted by molar-refractivity contribution is 0.464. The number of H-pyrrole nitrogens is 1. The van der Waals surface area contributed by atoms with E-state index in [1.165, 1.54) is 29.7 Å². The highest BCUT2D eigenvalue weighted by atomic mass is 14.9. The highest BCUT2D eigenvalue weighted by molar-refractivity contribution is 5.91. The van der Waals surface area contributed by atoms with Crippen molar-refractivity contribution in [1.82, 2.24) is 20.6 Å². The smallest absolute Gasteiger partial charge is 0.0723 e. The molecule has 0 spiro atoms. The minimum atomic E-state index is 0.567. The first-order chi connectivity index (χ1) is 15.3. The van der Waals surface area contributed by atoms with Crippen LogP contribution in [0, 0.1) is 5.92 Å². The van der Waals surface area contributed by atoms with Gasteiger partial charge in [-0.25, -0.2) is 0 Å². The van der Waals surface area contributed by atoms with Gasteiger partial charge < -0.3 is 20.9 Å². The number of anilines is 2. The molecule has 31 heavy (non-hydrogen) atoms. The van der Waals surface area contributed by atoms with Crippen molar-refractivity contribution < 1.29 is 0 Å². The number of nitrogens with zero attached hydrogens (tertiary/aromatic N) is 1. The summed E-state index contributed by atoms with van der Waals surface area (Å²) in [5, 5.41) is 10.5. The minimum Gasteiger partial charge on any atom is -0.356 e. The third-order valence-electron chi connectivity index (χ3n) is 5.93. The zero-order valence-electron chi connectivity index (χ0n) is 18.4. The summed E-state index contributed by atoms with van der Waals surface area (Å²) in [5.74, 6) is 0.567. The summed E-state index contributed by atoms with van der Waals surface area (Å²) in [6.07, 6.45) is 8.17. The van der Waals surface area contributed by atoms with Crippen LogP contribution in [-0.4, -0.2) is 36.6 Å². The Morgan fingerprint density at radius 3 is 2.58 bits per heavy atom. The number of aromatic amines is 1. The molecule has 0 saturated heterocycles. The SMILES string of the molecule is C=C1CC(CNCCCCNC)Cc2[nH]c(-c3ccncc3)c(Nc3ccccc3)c21. The molecule has 0 bridgehead atoms. The molecule has 1 unspecified atom stereocenters. The lowest BCUT2D eigenvalue weighted by atomic mass is 9.84. The number of rotatable bonds is 10. The van der Waals surface area contributed by atoms with E-state index in [0.717, 1.165) is 55.1 Å². The average Bonchev–Trinajstić information content (AvgIpc) is 3.16. The quantitative estimate of drug-likeness (QED) is 0.353. The topological polar surface area (TPSA) is 64.8 Å². The largest absolute Gasteiger partial charge is 0.356 e. The number of hydrogen-bond acceptors (Lipinski definition) is 4. The Morgan fingerprint density at radius 2 is 1.81 bits per heavy atom. The Labute approximate surface area is 185 Å². The van der Waals surface area contributed by atoms with Crippen molar-refractivity contribution >= 4 is 16.9 Å². The third kappa shape index (κ3) is 5.24. The zero-order valence-corrected chi connectivity index (χ0v) is 18.4. The molecule has 0 fully saturated rings. The molecule has 0 saturated carbocycles. The molecule has 0 amide bonds. The summed E-state index contributed by atoms with van der Waals surface area (Å²) in [6, 6.07) is 14.5. The van der Waals surface area contributed by atoms with Crippen molar-refractivity contribution in [3.8, 4) is 11.3 Å². The van der Waals surface area contributed by atoms with Crippen LogP contribution in [0.2, 0.25) is 0 Å². The van der Waals surface area contributed by atoms with Gasteiger partial charge in [-0.15, -0.1) is 0 Å². The number of allylic oxidation sites excluding steroid dienone is 1. The first-order valence-electron chi connectivity index (χ1n) is 11.3. The fourth-order valence-electron chi connectivity index (χ4n) is 4.43. The summed E-state index contributed by atoms with van der Waals surface area (Å²) < 4.78 is 0. The number of unbranched alkanes of at least 4 members (excludes halogenated alkanes) is 1. The van der Waals surface area contributed by atoms with Crippen LogP contribution in [0.25, 0.3) is 16.8 Å². The molecule has 3 aromatic rings. The summed E-state index contributed by atoms with van der Waals surface area (Å²) in [4.78, 5) is 7.92. The first kappa shape index (κ1) is 21.3. The van der Waals surface area contributed by atoms with Crippen LogP contribution in [0.3, 0.4) is 0 Å². The van der Waals surface area contributed by atoms with Crippen molar-refractivity contribution in [2.24, 2.45) is 5.92 Å². The highest BCUT2D eigenvalue weighted by Crippen LogP contribution is 2.44. The Hall–Kier alpha value is -2.89. The molecule has 2 heterocycles. The number of fused-ring (bicyclic) bond motifs is 1. The van der Waals surface area contributed by atoms with Crippen LogP contribution in [0.4, 0.5) is 11.4 Å². The average molecular weight is 416 g/mol. The second-order valence-electron chi connectivity index (χ2n) is 8.35. The van der Waals surface area contributed by atoms with Crippen LogP contribution >= 0.6 is 0 Å². The number of aromatic nitrogens is 2. The predicted octanol–water partition coefficient (Wildman–Crippen LogP) is 4.99. The lowest BCUT2D eigenvalue weighted by Gasteiger charge is -2.25. The molecule has 1 aliphatic rings. The van der Waals surface area contributed by atoms with E-state index in [9.17, 15) is 0 Å². The maximum atomic E-state index is 4.48. The Bertz CT molecular complexity index is 978. The lowest BCUT2D eigenvalue weighted by Crippen LogP contribution is -2.28. The zero-order chi connectivity index (χ0) is 21.5. The molecule has 1 atom stereocenters. The molecule has 0 aliphatic heterocycles. The van der Waals surface area contributed by atoms with Crippen molar-refractivity contribution in [1.29, 1.82) is 0 Å². The molecule has 5 heteroatoms. The van der Waals surface area contributed by atoms with Gasteiger partial charge in [0.2, 0.25) is 0 Å². The molecule has 162 valence electrons. The second-order valence-corrected chi connectivity index (χ2v) is 8.35. The van der Waals surface area contributed by atoms with Crippen LogP contribution in [0.15, 0.2) is 61.4 Å². The Kier molecular flexibility index (Phi) is 7.18. The molecular formula is C26H33N5. The van der Waals surface area contributed by atoms with Gasteiger partial charge in [0.1, 0.15) is 0 Å². The normalized spacial score (nSPS) is 15.6. The fourth-order valence-corrected chi connectivity index (χ4v) is 4.43. The van der Waals surface area contributed by atoms with Gasteiger partial charge in [-0.2, -0.15) is 0 Å². The maximum absolute atomic E-state index is 4.48. The van der Waals surface area contributed by atoms with Crippen LogP contribution in [0.1, 0.15) is 30.5 Å². The molecular weight excluding hydrogens is 382 g/mol. The predicted molar refractivity (Wildman–Crippen MR) is 131 cm³/mol. The van der Waals surface area contributed by atoms with E-state index in [-0.39, 0.29) is 0 Å². The van der Waals surface area contributed by atoms with E-state index in [1.54, 1.807) is 0 Å². The molecule has 4 rings (SSSR count). The van der Waals surface area contributed by atoms with E-state index < -0.39 is 0 Å².